The lowest BCUT2D eigenvalue weighted by molar-refractivity contribution is 0.0967. The van der Waals surface area contributed by atoms with Crippen LogP contribution in [-0.4, -0.2) is 11.9 Å². The van der Waals surface area contributed by atoms with Crippen LogP contribution in [0.15, 0.2) is 12.1 Å². The molecule has 1 fully saturated rings. The maximum atomic E-state index is 12.7. The van der Waals surface area contributed by atoms with Crippen molar-refractivity contribution >= 4 is 5.78 Å². The molecule has 0 aromatic heterocycles. The summed E-state index contributed by atoms with van der Waals surface area (Å²) in [6.45, 7) is 17.2. The van der Waals surface area contributed by atoms with Gasteiger partial charge in [-0.15, -0.1) is 0 Å². The lowest BCUT2D eigenvalue weighted by atomic mass is 9.77. The van der Waals surface area contributed by atoms with E-state index in [2.05, 4.69) is 67.5 Å². The number of rotatable bonds is 4. The molecule has 0 aliphatic heterocycles. The van der Waals surface area contributed by atoms with Crippen LogP contribution < -0.4 is 4.74 Å². The summed E-state index contributed by atoms with van der Waals surface area (Å²) in [6.07, 6.45) is 2.19. The number of hydrogen-bond donors (Lipinski definition) is 0. The number of hydrogen-bond acceptors (Lipinski definition) is 2. The van der Waals surface area contributed by atoms with Crippen molar-refractivity contribution < 1.29 is 9.53 Å². The fraction of sp³-hybridized carbons (Fsp3) is 0.667. The first kappa shape index (κ1) is 18.0. The minimum atomic E-state index is -0.0654. The van der Waals surface area contributed by atoms with Crippen LogP contribution in [0.3, 0.4) is 0 Å². The molecule has 0 heterocycles. The van der Waals surface area contributed by atoms with Gasteiger partial charge in [0.1, 0.15) is 5.75 Å². The number of Topliss-reactive ketones (excluding diaryl/α,β-unsaturated/α-hetero) is 1. The van der Waals surface area contributed by atoms with Crippen LogP contribution in [0.1, 0.15) is 89.7 Å². The maximum absolute atomic E-state index is 12.7. The molecule has 2 nitrogen and oxygen atoms in total. The summed E-state index contributed by atoms with van der Waals surface area (Å²) < 4.78 is 6.23. The first-order valence-corrected chi connectivity index (χ1v) is 8.81. The predicted molar refractivity (Wildman–Crippen MR) is 96.7 cm³/mol. The average Bonchev–Trinajstić information content (AvgIpc) is 3.18. The van der Waals surface area contributed by atoms with Gasteiger partial charge in [0.15, 0.2) is 5.78 Å². The number of ketones is 1. The van der Waals surface area contributed by atoms with E-state index in [4.69, 9.17) is 4.74 Å². The van der Waals surface area contributed by atoms with Crippen molar-refractivity contribution in [2.75, 3.05) is 0 Å². The Morgan fingerprint density at radius 1 is 1.00 bits per heavy atom. The molecule has 1 aromatic carbocycles. The van der Waals surface area contributed by atoms with Crippen LogP contribution in [0.25, 0.3) is 0 Å². The molecule has 0 atom stereocenters. The van der Waals surface area contributed by atoms with Crippen molar-refractivity contribution in [3.05, 3.63) is 28.8 Å². The lowest BCUT2D eigenvalue weighted by Crippen LogP contribution is -2.23. The van der Waals surface area contributed by atoms with Gasteiger partial charge in [-0.25, -0.2) is 0 Å². The van der Waals surface area contributed by atoms with E-state index < -0.39 is 0 Å². The number of carbonyl (C=O) groups excluding carboxylic acids is 1. The Morgan fingerprint density at radius 3 is 1.74 bits per heavy atom. The molecule has 23 heavy (non-hydrogen) atoms. The molecular weight excluding hydrogens is 284 g/mol. The maximum Gasteiger partial charge on any atom is 0.165 e. The molecule has 1 aliphatic rings. The van der Waals surface area contributed by atoms with Gasteiger partial charge in [0.05, 0.1) is 6.10 Å². The van der Waals surface area contributed by atoms with E-state index in [1.807, 2.05) is 0 Å². The van der Waals surface area contributed by atoms with Gasteiger partial charge in [-0.3, -0.25) is 4.79 Å². The summed E-state index contributed by atoms with van der Waals surface area (Å²) in [7, 11) is 0. The highest BCUT2D eigenvalue weighted by Gasteiger charge is 2.34. The van der Waals surface area contributed by atoms with Crippen LogP contribution in [0, 0.1) is 5.92 Å². The normalized spacial score (nSPS) is 15.9. The van der Waals surface area contributed by atoms with E-state index in [0.29, 0.717) is 5.78 Å². The molecule has 1 aliphatic carbocycles. The standard InChI is InChI=1S/C21H32O2/c1-13(2)23-19-16(20(3,4)5)11-15(18(22)14-9-10-14)12-17(19)21(6,7)8/h11-14H,9-10H2,1-8H3. The zero-order valence-corrected chi connectivity index (χ0v) is 16.0. The van der Waals surface area contributed by atoms with Gasteiger partial charge in [-0.1, -0.05) is 41.5 Å². The van der Waals surface area contributed by atoms with Crippen LogP contribution >= 0.6 is 0 Å². The second-order valence-corrected chi connectivity index (χ2v) is 9.21. The molecule has 2 heteroatoms. The molecule has 1 saturated carbocycles. The Bertz CT molecular complexity index is 558. The molecular formula is C21H32O2. The first-order chi connectivity index (χ1) is 10.4. The van der Waals surface area contributed by atoms with Gasteiger partial charge in [-0.05, 0) is 49.7 Å². The van der Waals surface area contributed by atoms with E-state index >= 15 is 0 Å². The molecule has 1 aromatic rings. The second-order valence-electron chi connectivity index (χ2n) is 9.21. The van der Waals surface area contributed by atoms with Crippen LogP contribution in [-0.2, 0) is 10.8 Å². The average molecular weight is 316 g/mol. The summed E-state index contributed by atoms with van der Waals surface area (Å²) >= 11 is 0. The van der Waals surface area contributed by atoms with Gasteiger partial charge in [-0.2, -0.15) is 0 Å². The molecule has 0 bridgehead atoms. The van der Waals surface area contributed by atoms with Gasteiger partial charge in [0.25, 0.3) is 0 Å². The lowest BCUT2D eigenvalue weighted by Gasteiger charge is -2.31. The van der Waals surface area contributed by atoms with Crippen molar-refractivity contribution in [3.63, 3.8) is 0 Å². The monoisotopic (exact) mass is 316 g/mol. The topological polar surface area (TPSA) is 26.3 Å². The highest BCUT2D eigenvalue weighted by molar-refractivity contribution is 6.00. The van der Waals surface area contributed by atoms with Gasteiger partial charge < -0.3 is 4.74 Å². The van der Waals surface area contributed by atoms with Gasteiger partial charge >= 0.3 is 0 Å². The molecule has 2 rings (SSSR count). The number of carbonyl (C=O) groups is 1. The molecule has 0 unspecified atom stereocenters. The zero-order chi connectivity index (χ0) is 17.6. The fourth-order valence-electron chi connectivity index (χ4n) is 2.83. The van der Waals surface area contributed by atoms with Crippen LogP contribution in [0.5, 0.6) is 5.75 Å². The Kier molecular flexibility index (Phi) is 4.67. The zero-order valence-electron chi connectivity index (χ0n) is 16.0. The molecule has 0 saturated heterocycles. The Labute approximate surface area is 141 Å². The number of ether oxygens (including phenoxy) is 1. The Morgan fingerprint density at radius 2 is 1.43 bits per heavy atom. The Hall–Kier alpha value is -1.31. The smallest absolute Gasteiger partial charge is 0.165 e. The predicted octanol–water partition coefficient (Wildman–Crippen LogP) is 5.66. The van der Waals surface area contributed by atoms with Crippen molar-refractivity contribution in [2.24, 2.45) is 5.92 Å². The Balaban J connectivity index is 2.69. The summed E-state index contributed by atoms with van der Waals surface area (Å²) in [4.78, 5) is 12.7. The fourth-order valence-corrected chi connectivity index (χ4v) is 2.83. The van der Waals surface area contributed by atoms with Crippen molar-refractivity contribution in [1.29, 1.82) is 0 Å². The summed E-state index contributed by atoms with van der Waals surface area (Å²) in [5, 5.41) is 0. The molecule has 0 radical (unpaired) electrons. The molecule has 0 amide bonds. The van der Waals surface area contributed by atoms with Crippen LogP contribution in [0.2, 0.25) is 0 Å². The van der Waals surface area contributed by atoms with Crippen molar-refractivity contribution in [2.45, 2.75) is 85.2 Å². The van der Waals surface area contributed by atoms with Crippen molar-refractivity contribution in [3.8, 4) is 5.75 Å². The highest BCUT2D eigenvalue weighted by Crippen LogP contribution is 2.43. The van der Waals surface area contributed by atoms with E-state index in [0.717, 1.165) is 35.3 Å². The van der Waals surface area contributed by atoms with Gasteiger partial charge in [0, 0.05) is 22.6 Å². The summed E-state index contributed by atoms with van der Waals surface area (Å²) in [6, 6.07) is 4.15. The third-order valence-corrected chi connectivity index (χ3v) is 4.29. The minimum absolute atomic E-state index is 0.0654. The quantitative estimate of drug-likeness (QED) is 0.670. The number of benzene rings is 1. The van der Waals surface area contributed by atoms with E-state index in [9.17, 15) is 4.79 Å². The summed E-state index contributed by atoms with van der Waals surface area (Å²) in [5.41, 5.74) is 3.01. The van der Waals surface area contributed by atoms with Crippen LogP contribution in [0.4, 0.5) is 0 Å². The first-order valence-electron chi connectivity index (χ1n) is 8.81. The van der Waals surface area contributed by atoms with Crippen molar-refractivity contribution in [1.82, 2.24) is 0 Å². The minimum Gasteiger partial charge on any atom is -0.490 e. The van der Waals surface area contributed by atoms with E-state index in [-0.39, 0.29) is 22.9 Å². The summed E-state index contributed by atoms with van der Waals surface area (Å²) in [5.74, 6) is 1.51. The largest absolute Gasteiger partial charge is 0.490 e. The third kappa shape index (κ3) is 4.16. The van der Waals surface area contributed by atoms with E-state index in [1.54, 1.807) is 0 Å². The third-order valence-electron chi connectivity index (χ3n) is 4.29. The molecule has 128 valence electrons. The van der Waals surface area contributed by atoms with Gasteiger partial charge in [0.2, 0.25) is 0 Å². The second kappa shape index (κ2) is 5.96. The molecule has 0 spiro atoms. The highest BCUT2D eigenvalue weighted by atomic mass is 16.5. The SMILES string of the molecule is CC(C)Oc1c(C(C)(C)C)cc(C(=O)C2CC2)cc1C(C)(C)C. The molecule has 0 N–H and O–H groups in total. The van der Waals surface area contributed by atoms with E-state index in [1.165, 1.54) is 0 Å².